The molecule has 17 heavy (non-hydrogen) atoms. The summed E-state index contributed by atoms with van der Waals surface area (Å²) >= 11 is 1.60. The number of para-hydroxylation sites is 2. The summed E-state index contributed by atoms with van der Waals surface area (Å²) in [5.41, 5.74) is 2.25. The number of methoxy groups -OCH3 is 1. The van der Waals surface area contributed by atoms with Gasteiger partial charge < -0.3 is 9.46 Å². The molecule has 0 aliphatic carbocycles. The molecule has 0 fully saturated rings. The van der Waals surface area contributed by atoms with E-state index in [1.807, 2.05) is 36.4 Å². The molecular weight excluding hydrogens is 230 g/mol. The molecule has 0 unspecified atom stereocenters. The van der Waals surface area contributed by atoms with E-state index in [1.165, 1.54) is 10.5 Å². The summed E-state index contributed by atoms with van der Waals surface area (Å²) in [7, 11) is 1.68. The zero-order valence-corrected chi connectivity index (χ0v) is 10.8. The summed E-state index contributed by atoms with van der Waals surface area (Å²) in [6.45, 7) is 2.10. The first-order valence-electron chi connectivity index (χ1n) is 5.43. The van der Waals surface area contributed by atoms with Crippen LogP contribution in [0.2, 0.25) is 0 Å². The summed E-state index contributed by atoms with van der Waals surface area (Å²) < 4.78 is 8.60. The van der Waals surface area contributed by atoms with Gasteiger partial charge in [0.05, 0.1) is 12.8 Å². The summed E-state index contributed by atoms with van der Waals surface area (Å²) in [6, 6.07) is 16.2. The van der Waals surface area contributed by atoms with E-state index >= 15 is 0 Å². The van der Waals surface area contributed by atoms with E-state index in [0.29, 0.717) is 0 Å². The Morgan fingerprint density at radius 2 is 1.71 bits per heavy atom. The monoisotopic (exact) mass is 245 g/mol. The highest BCUT2D eigenvalue weighted by atomic mass is 32.2. The van der Waals surface area contributed by atoms with Crippen molar-refractivity contribution < 1.29 is 4.74 Å². The summed E-state index contributed by atoms with van der Waals surface area (Å²) in [5, 5.41) is 0. The van der Waals surface area contributed by atoms with Crippen LogP contribution in [0.5, 0.6) is 5.75 Å². The lowest BCUT2D eigenvalue weighted by Gasteiger charge is -2.10. The molecule has 1 N–H and O–H groups in total. The topological polar surface area (TPSA) is 21.3 Å². The molecule has 0 aliphatic rings. The number of nitrogens with one attached hydrogen (secondary N) is 1. The maximum atomic E-state index is 5.29. The highest BCUT2D eigenvalue weighted by Gasteiger charge is 2.02. The number of ether oxygens (including phenoxy) is 1. The van der Waals surface area contributed by atoms with Crippen molar-refractivity contribution in [1.82, 2.24) is 0 Å². The largest absolute Gasteiger partial charge is 0.495 e. The third-order valence-electron chi connectivity index (χ3n) is 2.47. The van der Waals surface area contributed by atoms with Gasteiger partial charge in [-0.05, 0) is 42.6 Å². The minimum Gasteiger partial charge on any atom is -0.495 e. The molecule has 0 atom stereocenters. The molecule has 0 bridgehead atoms. The Hall–Kier alpha value is -1.61. The van der Waals surface area contributed by atoms with E-state index in [0.717, 1.165) is 11.4 Å². The second kappa shape index (κ2) is 5.64. The highest BCUT2D eigenvalue weighted by molar-refractivity contribution is 8.00. The number of aryl methyl sites for hydroxylation is 1. The zero-order valence-electron chi connectivity index (χ0n) is 9.94. The van der Waals surface area contributed by atoms with E-state index < -0.39 is 0 Å². The van der Waals surface area contributed by atoms with E-state index in [1.54, 1.807) is 19.1 Å². The van der Waals surface area contributed by atoms with Gasteiger partial charge in [0.2, 0.25) is 0 Å². The molecule has 2 aromatic rings. The Labute approximate surface area is 106 Å². The lowest BCUT2D eigenvalue weighted by molar-refractivity contribution is 0.417. The van der Waals surface area contributed by atoms with Gasteiger partial charge in [-0.15, -0.1) is 0 Å². The average Bonchev–Trinajstić information content (AvgIpc) is 2.38. The van der Waals surface area contributed by atoms with Crippen molar-refractivity contribution in [2.75, 3.05) is 11.8 Å². The molecule has 0 spiro atoms. The van der Waals surface area contributed by atoms with Gasteiger partial charge in [0.25, 0.3) is 0 Å². The fourth-order valence-electron chi connectivity index (χ4n) is 1.51. The molecule has 2 nitrogen and oxygen atoms in total. The van der Waals surface area contributed by atoms with Crippen LogP contribution >= 0.6 is 11.9 Å². The maximum absolute atomic E-state index is 5.29. The first kappa shape index (κ1) is 11.9. The van der Waals surface area contributed by atoms with Gasteiger partial charge in [-0.1, -0.05) is 30.3 Å². The molecule has 0 amide bonds. The van der Waals surface area contributed by atoms with E-state index in [2.05, 4.69) is 23.8 Å². The fourth-order valence-corrected chi connectivity index (χ4v) is 2.27. The van der Waals surface area contributed by atoms with Crippen LogP contribution in [0.3, 0.4) is 0 Å². The van der Waals surface area contributed by atoms with Crippen LogP contribution < -0.4 is 9.46 Å². The van der Waals surface area contributed by atoms with Crippen molar-refractivity contribution >= 4 is 17.6 Å². The van der Waals surface area contributed by atoms with Gasteiger partial charge in [0, 0.05) is 4.90 Å². The molecule has 0 heterocycles. The fraction of sp³-hybridized carbons (Fsp3) is 0.143. The van der Waals surface area contributed by atoms with Crippen molar-refractivity contribution in [2.45, 2.75) is 11.8 Å². The van der Waals surface area contributed by atoms with Crippen LogP contribution in [0, 0.1) is 6.92 Å². The highest BCUT2D eigenvalue weighted by Crippen LogP contribution is 2.29. The van der Waals surface area contributed by atoms with Crippen molar-refractivity contribution in [3.8, 4) is 5.75 Å². The maximum Gasteiger partial charge on any atom is 0.142 e. The van der Waals surface area contributed by atoms with Crippen LogP contribution in [0.4, 0.5) is 5.69 Å². The van der Waals surface area contributed by atoms with Gasteiger partial charge in [0.1, 0.15) is 5.75 Å². The van der Waals surface area contributed by atoms with Gasteiger partial charge in [-0.25, -0.2) is 0 Å². The number of rotatable bonds is 4. The van der Waals surface area contributed by atoms with Gasteiger partial charge in [0.15, 0.2) is 0 Å². The molecule has 0 saturated heterocycles. The predicted octanol–water partition coefficient (Wildman–Crippen LogP) is 4.12. The molecule has 88 valence electrons. The third kappa shape index (κ3) is 2.94. The van der Waals surface area contributed by atoms with Crippen LogP contribution in [0.15, 0.2) is 53.4 Å². The normalized spacial score (nSPS) is 10.0. The van der Waals surface area contributed by atoms with Crippen LogP contribution in [-0.4, -0.2) is 7.11 Å². The van der Waals surface area contributed by atoms with E-state index in [4.69, 9.17) is 4.74 Å². The zero-order chi connectivity index (χ0) is 12.1. The second-order valence-electron chi connectivity index (χ2n) is 3.67. The molecule has 0 aromatic heterocycles. The van der Waals surface area contributed by atoms with Crippen molar-refractivity contribution in [1.29, 1.82) is 0 Å². The third-order valence-corrected chi connectivity index (χ3v) is 3.47. The van der Waals surface area contributed by atoms with Gasteiger partial charge >= 0.3 is 0 Å². The first-order chi connectivity index (χ1) is 8.31. The van der Waals surface area contributed by atoms with Crippen molar-refractivity contribution in [2.24, 2.45) is 0 Å². The number of anilines is 1. The molecule has 0 saturated carbocycles. The SMILES string of the molecule is COc1ccccc1NSc1ccccc1C. The number of hydrogen-bond acceptors (Lipinski definition) is 3. The summed E-state index contributed by atoms with van der Waals surface area (Å²) in [4.78, 5) is 1.22. The van der Waals surface area contributed by atoms with Crippen LogP contribution in [0.1, 0.15) is 5.56 Å². The molecule has 0 radical (unpaired) electrons. The Morgan fingerprint density at radius 3 is 2.47 bits per heavy atom. The van der Waals surface area contributed by atoms with E-state index in [9.17, 15) is 0 Å². The summed E-state index contributed by atoms with van der Waals surface area (Å²) in [5.74, 6) is 0.855. The summed E-state index contributed by atoms with van der Waals surface area (Å²) in [6.07, 6.45) is 0. The Kier molecular flexibility index (Phi) is 3.94. The number of benzene rings is 2. The van der Waals surface area contributed by atoms with Crippen molar-refractivity contribution in [3.05, 3.63) is 54.1 Å². The molecule has 0 aliphatic heterocycles. The molecular formula is C14H15NOS. The van der Waals surface area contributed by atoms with Gasteiger partial charge in [-0.2, -0.15) is 0 Å². The Balaban J connectivity index is 2.10. The lowest BCUT2D eigenvalue weighted by Crippen LogP contribution is -1.92. The van der Waals surface area contributed by atoms with Gasteiger partial charge in [-0.3, -0.25) is 0 Å². The minimum atomic E-state index is 0.855. The lowest BCUT2D eigenvalue weighted by atomic mass is 10.2. The Bertz CT molecular complexity index is 499. The van der Waals surface area contributed by atoms with Crippen molar-refractivity contribution in [3.63, 3.8) is 0 Å². The molecule has 3 heteroatoms. The standard InChI is InChI=1S/C14H15NOS/c1-11-7-3-6-10-14(11)17-15-12-8-4-5-9-13(12)16-2/h3-10,15H,1-2H3. The van der Waals surface area contributed by atoms with E-state index in [-0.39, 0.29) is 0 Å². The smallest absolute Gasteiger partial charge is 0.142 e. The Morgan fingerprint density at radius 1 is 1.00 bits per heavy atom. The van der Waals surface area contributed by atoms with Crippen LogP contribution in [-0.2, 0) is 0 Å². The first-order valence-corrected chi connectivity index (χ1v) is 6.24. The minimum absolute atomic E-state index is 0.855. The second-order valence-corrected chi connectivity index (χ2v) is 4.52. The average molecular weight is 245 g/mol. The predicted molar refractivity (Wildman–Crippen MR) is 73.7 cm³/mol. The quantitative estimate of drug-likeness (QED) is 0.819. The number of hydrogen-bond donors (Lipinski definition) is 1. The molecule has 2 rings (SSSR count). The van der Waals surface area contributed by atoms with Crippen LogP contribution in [0.25, 0.3) is 0 Å². The molecule has 2 aromatic carbocycles.